The molecule has 0 aliphatic heterocycles. The number of rotatable bonds is 6. The summed E-state index contributed by atoms with van der Waals surface area (Å²) < 4.78 is 10.3. The van der Waals surface area contributed by atoms with Crippen molar-refractivity contribution in [2.75, 3.05) is 20.8 Å². The van der Waals surface area contributed by atoms with Gasteiger partial charge in [-0.1, -0.05) is 19.1 Å². The van der Waals surface area contributed by atoms with Crippen molar-refractivity contribution in [3.63, 3.8) is 0 Å². The highest BCUT2D eigenvalue weighted by molar-refractivity contribution is 5.37. The molecule has 0 saturated heterocycles. The van der Waals surface area contributed by atoms with Gasteiger partial charge >= 0.3 is 0 Å². The Morgan fingerprint density at radius 2 is 2.00 bits per heavy atom. The molecule has 17 heavy (non-hydrogen) atoms. The Morgan fingerprint density at radius 3 is 2.59 bits per heavy atom. The summed E-state index contributed by atoms with van der Waals surface area (Å²) in [6, 6.07) is 5.83. The minimum atomic E-state index is -0.473. The van der Waals surface area contributed by atoms with E-state index in [4.69, 9.17) is 9.47 Å². The van der Waals surface area contributed by atoms with Crippen LogP contribution in [0.4, 0.5) is 0 Å². The first kappa shape index (κ1) is 14.0. The van der Waals surface area contributed by atoms with Gasteiger partial charge in [0.1, 0.15) is 5.75 Å². The van der Waals surface area contributed by atoms with Crippen LogP contribution in [0.5, 0.6) is 5.75 Å². The first-order valence-electron chi connectivity index (χ1n) is 5.91. The molecule has 0 spiro atoms. The fourth-order valence-electron chi connectivity index (χ4n) is 1.81. The average Bonchev–Trinajstić information content (AvgIpc) is 2.35. The van der Waals surface area contributed by atoms with Gasteiger partial charge in [-0.3, -0.25) is 0 Å². The third-order valence-corrected chi connectivity index (χ3v) is 3.09. The molecule has 0 radical (unpaired) electrons. The van der Waals surface area contributed by atoms with Gasteiger partial charge in [0.05, 0.1) is 13.2 Å². The molecule has 96 valence electrons. The minimum Gasteiger partial charge on any atom is -0.496 e. The SMILES string of the molecule is COCCC(C)C(O)c1ccc(C)c(OC)c1. The van der Waals surface area contributed by atoms with Gasteiger partial charge in [-0.15, -0.1) is 0 Å². The first-order chi connectivity index (χ1) is 8.10. The third-order valence-electron chi connectivity index (χ3n) is 3.09. The lowest BCUT2D eigenvalue weighted by Gasteiger charge is -2.19. The van der Waals surface area contributed by atoms with Crippen LogP contribution in [0.15, 0.2) is 18.2 Å². The van der Waals surface area contributed by atoms with Crippen molar-refractivity contribution in [3.8, 4) is 5.75 Å². The maximum absolute atomic E-state index is 10.2. The zero-order valence-corrected chi connectivity index (χ0v) is 11.1. The molecule has 2 unspecified atom stereocenters. The van der Waals surface area contributed by atoms with E-state index in [-0.39, 0.29) is 5.92 Å². The summed E-state index contributed by atoms with van der Waals surface area (Å²) in [5.74, 6) is 0.989. The normalized spacial score (nSPS) is 14.4. The molecule has 0 aromatic heterocycles. The highest BCUT2D eigenvalue weighted by Crippen LogP contribution is 2.28. The smallest absolute Gasteiger partial charge is 0.122 e. The van der Waals surface area contributed by atoms with E-state index >= 15 is 0 Å². The van der Waals surface area contributed by atoms with Crippen molar-refractivity contribution in [2.24, 2.45) is 5.92 Å². The van der Waals surface area contributed by atoms with E-state index < -0.39 is 6.10 Å². The summed E-state index contributed by atoms with van der Waals surface area (Å²) in [4.78, 5) is 0. The van der Waals surface area contributed by atoms with Crippen molar-refractivity contribution < 1.29 is 14.6 Å². The van der Waals surface area contributed by atoms with Crippen LogP contribution in [0.25, 0.3) is 0 Å². The zero-order chi connectivity index (χ0) is 12.8. The Kier molecular flexibility index (Phi) is 5.45. The largest absolute Gasteiger partial charge is 0.496 e. The van der Waals surface area contributed by atoms with E-state index in [1.165, 1.54) is 0 Å². The van der Waals surface area contributed by atoms with Crippen LogP contribution in [0.3, 0.4) is 0 Å². The van der Waals surface area contributed by atoms with Crippen LogP contribution < -0.4 is 4.74 Å². The molecule has 3 nitrogen and oxygen atoms in total. The molecule has 0 saturated carbocycles. The lowest BCUT2D eigenvalue weighted by Crippen LogP contribution is -2.11. The summed E-state index contributed by atoms with van der Waals surface area (Å²) in [7, 11) is 3.32. The Morgan fingerprint density at radius 1 is 1.29 bits per heavy atom. The second kappa shape index (κ2) is 6.62. The van der Waals surface area contributed by atoms with Gasteiger partial charge in [0.15, 0.2) is 0 Å². The number of aliphatic hydroxyl groups excluding tert-OH is 1. The van der Waals surface area contributed by atoms with Gasteiger partial charge in [-0.05, 0) is 36.5 Å². The number of aryl methyl sites for hydroxylation is 1. The molecule has 1 rings (SSSR count). The molecule has 1 N–H and O–H groups in total. The minimum absolute atomic E-state index is 0.169. The van der Waals surface area contributed by atoms with Crippen LogP contribution in [-0.2, 0) is 4.74 Å². The van der Waals surface area contributed by atoms with E-state index in [9.17, 15) is 5.11 Å². The number of ether oxygens (including phenoxy) is 2. The number of hydrogen-bond donors (Lipinski definition) is 1. The quantitative estimate of drug-likeness (QED) is 0.828. The third kappa shape index (κ3) is 3.72. The predicted molar refractivity (Wildman–Crippen MR) is 68.3 cm³/mol. The van der Waals surface area contributed by atoms with Gasteiger partial charge in [0.25, 0.3) is 0 Å². The maximum Gasteiger partial charge on any atom is 0.122 e. The Hall–Kier alpha value is -1.06. The van der Waals surface area contributed by atoms with Crippen molar-refractivity contribution in [2.45, 2.75) is 26.4 Å². The van der Waals surface area contributed by atoms with E-state index in [1.807, 2.05) is 32.0 Å². The summed E-state index contributed by atoms with van der Waals surface area (Å²) in [6.45, 7) is 4.68. The highest BCUT2D eigenvalue weighted by atomic mass is 16.5. The molecule has 3 heteroatoms. The number of hydrogen-bond acceptors (Lipinski definition) is 3. The molecule has 1 aromatic carbocycles. The van der Waals surface area contributed by atoms with E-state index in [0.29, 0.717) is 6.61 Å². The number of aliphatic hydroxyl groups is 1. The van der Waals surface area contributed by atoms with Crippen molar-refractivity contribution in [1.82, 2.24) is 0 Å². The number of benzene rings is 1. The summed E-state index contributed by atoms with van der Waals surface area (Å²) in [6.07, 6.45) is 0.369. The van der Waals surface area contributed by atoms with Gasteiger partial charge in [-0.25, -0.2) is 0 Å². The van der Waals surface area contributed by atoms with Crippen molar-refractivity contribution >= 4 is 0 Å². The second-order valence-corrected chi connectivity index (χ2v) is 4.43. The van der Waals surface area contributed by atoms with Gasteiger partial charge in [0, 0.05) is 13.7 Å². The number of methoxy groups -OCH3 is 2. The Balaban J connectivity index is 2.77. The Labute approximate surface area is 103 Å². The fraction of sp³-hybridized carbons (Fsp3) is 0.571. The van der Waals surface area contributed by atoms with Gasteiger partial charge < -0.3 is 14.6 Å². The van der Waals surface area contributed by atoms with Gasteiger partial charge in [0.2, 0.25) is 0 Å². The summed E-state index contributed by atoms with van der Waals surface area (Å²) in [5.41, 5.74) is 1.98. The van der Waals surface area contributed by atoms with Crippen LogP contribution in [-0.4, -0.2) is 25.9 Å². The molecule has 2 atom stereocenters. The molecular formula is C14H22O3. The maximum atomic E-state index is 10.2. The van der Waals surface area contributed by atoms with Crippen LogP contribution in [0, 0.1) is 12.8 Å². The van der Waals surface area contributed by atoms with E-state index in [2.05, 4.69) is 0 Å². The standard InChI is InChI=1S/C14H22O3/c1-10-5-6-12(9-13(10)17-4)14(15)11(2)7-8-16-3/h5-6,9,11,14-15H,7-8H2,1-4H3. The second-order valence-electron chi connectivity index (χ2n) is 4.43. The van der Waals surface area contributed by atoms with Crippen molar-refractivity contribution in [3.05, 3.63) is 29.3 Å². The zero-order valence-electron chi connectivity index (χ0n) is 11.1. The topological polar surface area (TPSA) is 38.7 Å². The summed E-state index contributed by atoms with van der Waals surface area (Å²) >= 11 is 0. The molecule has 0 bridgehead atoms. The predicted octanol–water partition coefficient (Wildman–Crippen LogP) is 2.71. The van der Waals surface area contributed by atoms with Crippen LogP contribution in [0.1, 0.15) is 30.6 Å². The lowest BCUT2D eigenvalue weighted by molar-refractivity contribution is 0.0884. The molecular weight excluding hydrogens is 216 g/mol. The van der Waals surface area contributed by atoms with Crippen molar-refractivity contribution in [1.29, 1.82) is 0 Å². The van der Waals surface area contributed by atoms with E-state index in [1.54, 1.807) is 14.2 Å². The lowest BCUT2D eigenvalue weighted by atomic mass is 9.94. The highest BCUT2D eigenvalue weighted by Gasteiger charge is 2.17. The summed E-state index contributed by atoms with van der Waals surface area (Å²) in [5, 5.41) is 10.2. The molecule has 0 fully saturated rings. The molecule has 1 aromatic rings. The fourth-order valence-corrected chi connectivity index (χ4v) is 1.81. The Bertz CT molecular complexity index is 349. The molecule has 0 aliphatic rings. The van der Waals surface area contributed by atoms with Crippen LogP contribution >= 0.6 is 0 Å². The molecule has 0 heterocycles. The van der Waals surface area contributed by atoms with E-state index in [0.717, 1.165) is 23.3 Å². The van der Waals surface area contributed by atoms with Gasteiger partial charge in [-0.2, -0.15) is 0 Å². The first-order valence-corrected chi connectivity index (χ1v) is 5.91. The molecule has 0 aliphatic carbocycles. The average molecular weight is 238 g/mol. The molecule has 0 amide bonds. The monoisotopic (exact) mass is 238 g/mol. The van der Waals surface area contributed by atoms with Crippen LogP contribution in [0.2, 0.25) is 0 Å².